The van der Waals surface area contributed by atoms with Crippen LogP contribution in [0.4, 0.5) is 0 Å². The second-order valence-corrected chi connectivity index (χ2v) is 4.52. The van der Waals surface area contributed by atoms with Gasteiger partial charge in [-0.1, -0.05) is 12.1 Å². The molecule has 2 aromatic rings. The van der Waals surface area contributed by atoms with E-state index in [1.165, 1.54) is 0 Å². The maximum Gasteiger partial charge on any atom is 0.224 e. The van der Waals surface area contributed by atoms with Gasteiger partial charge < -0.3 is 19.8 Å². The molecule has 0 atom stereocenters. The number of pyridine rings is 1. The Morgan fingerprint density at radius 3 is 2.48 bits per heavy atom. The molecule has 0 saturated carbocycles. The van der Waals surface area contributed by atoms with Gasteiger partial charge in [0, 0.05) is 6.07 Å². The number of aliphatic hydroxyl groups excluding tert-OH is 1. The van der Waals surface area contributed by atoms with Crippen molar-refractivity contribution in [1.82, 2.24) is 4.73 Å². The summed E-state index contributed by atoms with van der Waals surface area (Å²) in [5.74, 6) is 0.797. The van der Waals surface area contributed by atoms with Gasteiger partial charge in [-0.15, -0.1) is 0 Å². The van der Waals surface area contributed by atoms with Gasteiger partial charge in [-0.2, -0.15) is 4.73 Å². The Labute approximate surface area is 121 Å². The molecule has 1 heterocycles. The Morgan fingerprint density at radius 1 is 1.24 bits per heavy atom. The van der Waals surface area contributed by atoms with E-state index in [0.717, 1.165) is 22.1 Å². The van der Waals surface area contributed by atoms with E-state index >= 15 is 0 Å². The molecule has 0 spiro atoms. The first-order valence-electron chi connectivity index (χ1n) is 6.38. The average Bonchev–Trinajstić information content (AvgIpc) is 2.51. The summed E-state index contributed by atoms with van der Waals surface area (Å²) in [5, 5.41) is 18.8. The van der Waals surface area contributed by atoms with Crippen molar-refractivity contribution in [3.8, 4) is 11.5 Å². The van der Waals surface area contributed by atoms with Gasteiger partial charge in [0.25, 0.3) is 0 Å². The van der Waals surface area contributed by atoms with Crippen molar-refractivity contribution in [2.24, 2.45) is 0 Å². The number of nitrogens with zero attached hydrogens (tertiary/aromatic N) is 1. The molecule has 2 N–H and O–H groups in total. The maximum absolute atomic E-state index is 11.9. The number of rotatable bonds is 5. The van der Waals surface area contributed by atoms with E-state index in [-0.39, 0.29) is 29.2 Å². The highest BCUT2D eigenvalue weighted by Crippen LogP contribution is 2.16. The SMILES string of the molecule is COc1ccc(COc2c(C)n(O)c(CO)cc2=O)cc1. The summed E-state index contributed by atoms with van der Waals surface area (Å²) in [6.45, 7) is 1.31. The van der Waals surface area contributed by atoms with E-state index < -0.39 is 6.61 Å². The molecule has 6 heteroatoms. The van der Waals surface area contributed by atoms with Crippen LogP contribution < -0.4 is 14.9 Å². The first-order chi connectivity index (χ1) is 10.1. The van der Waals surface area contributed by atoms with Crippen molar-refractivity contribution >= 4 is 0 Å². The van der Waals surface area contributed by atoms with Crippen LogP contribution in [-0.2, 0) is 13.2 Å². The molecule has 0 saturated heterocycles. The molecule has 0 bridgehead atoms. The monoisotopic (exact) mass is 291 g/mol. The van der Waals surface area contributed by atoms with Crippen LogP contribution in [0.3, 0.4) is 0 Å². The first-order valence-corrected chi connectivity index (χ1v) is 6.38. The van der Waals surface area contributed by atoms with Crippen LogP contribution in [0.5, 0.6) is 11.5 Å². The third-order valence-corrected chi connectivity index (χ3v) is 3.14. The van der Waals surface area contributed by atoms with Crippen LogP contribution in [0.25, 0.3) is 0 Å². The largest absolute Gasteiger partial charge is 0.497 e. The van der Waals surface area contributed by atoms with Crippen molar-refractivity contribution in [2.75, 3.05) is 7.11 Å². The summed E-state index contributed by atoms with van der Waals surface area (Å²) in [5.41, 5.74) is 0.857. The smallest absolute Gasteiger partial charge is 0.224 e. The lowest BCUT2D eigenvalue weighted by Gasteiger charge is -2.13. The second kappa shape index (κ2) is 6.32. The molecular formula is C15H17NO5. The van der Waals surface area contributed by atoms with E-state index in [9.17, 15) is 10.0 Å². The molecule has 0 fully saturated rings. The second-order valence-electron chi connectivity index (χ2n) is 4.52. The predicted octanol–water partition coefficient (Wildman–Crippen LogP) is 1.47. The third kappa shape index (κ3) is 3.17. The molecular weight excluding hydrogens is 274 g/mol. The predicted molar refractivity (Wildman–Crippen MR) is 75.9 cm³/mol. The highest BCUT2D eigenvalue weighted by molar-refractivity contribution is 5.31. The van der Waals surface area contributed by atoms with Crippen molar-refractivity contribution in [2.45, 2.75) is 20.1 Å². The van der Waals surface area contributed by atoms with Crippen molar-refractivity contribution in [3.63, 3.8) is 0 Å². The molecule has 112 valence electrons. The minimum absolute atomic E-state index is 0.0607. The van der Waals surface area contributed by atoms with E-state index in [1.807, 2.05) is 12.1 Å². The van der Waals surface area contributed by atoms with Crippen LogP contribution in [0.1, 0.15) is 17.0 Å². The van der Waals surface area contributed by atoms with Gasteiger partial charge >= 0.3 is 0 Å². The summed E-state index contributed by atoms with van der Waals surface area (Å²) in [7, 11) is 1.58. The van der Waals surface area contributed by atoms with E-state index in [2.05, 4.69) is 0 Å². The zero-order chi connectivity index (χ0) is 15.4. The normalized spacial score (nSPS) is 10.4. The van der Waals surface area contributed by atoms with Crippen molar-refractivity contribution < 1.29 is 19.8 Å². The summed E-state index contributed by atoms with van der Waals surface area (Å²) < 4.78 is 11.3. The molecule has 6 nitrogen and oxygen atoms in total. The summed E-state index contributed by atoms with van der Waals surface area (Å²) >= 11 is 0. The zero-order valence-electron chi connectivity index (χ0n) is 11.9. The number of hydrogen-bond acceptors (Lipinski definition) is 5. The lowest BCUT2D eigenvalue weighted by molar-refractivity contribution is 0.140. The highest BCUT2D eigenvalue weighted by atomic mass is 16.5. The van der Waals surface area contributed by atoms with Crippen LogP contribution in [-0.4, -0.2) is 22.2 Å². The number of ether oxygens (including phenoxy) is 2. The highest BCUT2D eigenvalue weighted by Gasteiger charge is 2.13. The molecule has 1 aromatic heterocycles. The quantitative estimate of drug-likeness (QED) is 0.815. The van der Waals surface area contributed by atoms with Gasteiger partial charge in [-0.25, -0.2) is 0 Å². The van der Waals surface area contributed by atoms with Gasteiger partial charge in [0.15, 0.2) is 5.75 Å². The van der Waals surface area contributed by atoms with Gasteiger partial charge in [0.2, 0.25) is 5.43 Å². The third-order valence-electron chi connectivity index (χ3n) is 3.14. The zero-order valence-corrected chi connectivity index (χ0v) is 11.9. The number of hydrogen-bond donors (Lipinski definition) is 2. The van der Waals surface area contributed by atoms with Crippen LogP contribution in [0.2, 0.25) is 0 Å². The Bertz CT molecular complexity index is 676. The first kappa shape index (κ1) is 14.9. The topological polar surface area (TPSA) is 80.9 Å². The van der Waals surface area contributed by atoms with Gasteiger partial charge in [0.05, 0.1) is 25.1 Å². The van der Waals surface area contributed by atoms with Gasteiger partial charge in [-0.05, 0) is 24.6 Å². The maximum atomic E-state index is 11.9. The fourth-order valence-electron chi connectivity index (χ4n) is 1.93. The molecule has 21 heavy (non-hydrogen) atoms. The number of aromatic nitrogens is 1. The van der Waals surface area contributed by atoms with Crippen molar-refractivity contribution in [1.29, 1.82) is 0 Å². The van der Waals surface area contributed by atoms with E-state index in [1.54, 1.807) is 26.2 Å². The Hall–Kier alpha value is -2.47. The average molecular weight is 291 g/mol. The Morgan fingerprint density at radius 2 is 1.90 bits per heavy atom. The molecule has 1 aromatic carbocycles. The summed E-state index contributed by atoms with van der Waals surface area (Å²) in [6, 6.07) is 8.40. The number of methoxy groups -OCH3 is 1. The molecule has 0 aliphatic carbocycles. The van der Waals surface area contributed by atoms with Crippen molar-refractivity contribution in [3.05, 3.63) is 57.5 Å². The van der Waals surface area contributed by atoms with Crippen LogP contribution in [0.15, 0.2) is 35.1 Å². The summed E-state index contributed by atoms with van der Waals surface area (Å²) in [4.78, 5) is 11.9. The van der Waals surface area contributed by atoms with Gasteiger partial charge in [0.1, 0.15) is 12.4 Å². The van der Waals surface area contributed by atoms with Gasteiger partial charge in [-0.3, -0.25) is 4.79 Å². The standard InChI is InChI=1S/C15H17NO5/c1-10-15(14(18)7-12(8-17)16(10)19)21-9-11-3-5-13(20-2)6-4-11/h3-7,17,19H,8-9H2,1-2H3. The molecule has 0 unspecified atom stereocenters. The minimum Gasteiger partial charge on any atom is -0.497 e. The fourth-order valence-corrected chi connectivity index (χ4v) is 1.93. The number of benzene rings is 1. The van der Waals surface area contributed by atoms with E-state index in [4.69, 9.17) is 14.6 Å². The minimum atomic E-state index is -0.425. The lowest BCUT2D eigenvalue weighted by atomic mass is 10.2. The fraction of sp³-hybridized carbons (Fsp3) is 0.267. The van der Waals surface area contributed by atoms with Crippen LogP contribution >= 0.6 is 0 Å². The molecule has 0 amide bonds. The molecule has 2 rings (SSSR count). The summed E-state index contributed by atoms with van der Waals surface area (Å²) in [6.07, 6.45) is 0. The molecule has 0 aliphatic heterocycles. The Balaban J connectivity index is 2.20. The van der Waals surface area contributed by atoms with E-state index in [0.29, 0.717) is 0 Å². The lowest BCUT2D eigenvalue weighted by Crippen LogP contribution is -2.17. The Kier molecular flexibility index (Phi) is 4.49. The molecule has 0 radical (unpaired) electrons. The molecule has 0 aliphatic rings. The van der Waals surface area contributed by atoms with Crippen LogP contribution in [0, 0.1) is 6.92 Å². The number of aliphatic hydroxyl groups is 1.